The highest BCUT2D eigenvalue weighted by atomic mass is 35.5. The van der Waals surface area contributed by atoms with E-state index in [4.69, 9.17) is 11.6 Å². The van der Waals surface area contributed by atoms with E-state index in [0.717, 1.165) is 24.0 Å². The number of rotatable bonds is 5. The number of benzene rings is 1. The van der Waals surface area contributed by atoms with Crippen molar-refractivity contribution in [2.24, 2.45) is 0 Å². The van der Waals surface area contributed by atoms with Crippen LogP contribution >= 0.6 is 11.6 Å². The smallest absolute Gasteiger partial charge is 0.326 e. The Morgan fingerprint density at radius 1 is 1.27 bits per heavy atom. The number of aromatic nitrogens is 3. The molecular formula is C19H21ClN4O2. The minimum Gasteiger partial charge on any atom is -0.326 e. The number of fused-ring (bicyclic) bond motifs is 1. The maximum atomic E-state index is 12.5. The summed E-state index contributed by atoms with van der Waals surface area (Å²) in [5.41, 5.74) is 3.37. The number of hydrogen-bond donors (Lipinski definition) is 2. The van der Waals surface area contributed by atoms with E-state index in [1.807, 2.05) is 24.3 Å². The normalized spacial score (nSPS) is 11.3. The van der Waals surface area contributed by atoms with E-state index in [1.165, 1.54) is 6.92 Å². The Balaban J connectivity index is 2.23. The minimum atomic E-state index is -0.181. The molecule has 2 heterocycles. The lowest BCUT2D eigenvalue weighted by Crippen LogP contribution is -2.21. The number of amides is 1. The van der Waals surface area contributed by atoms with Crippen LogP contribution in [0.25, 0.3) is 22.3 Å². The average molecular weight is 373 g/mol. The molecule has 0 spiro atoms. The third kappa shape index (κ3) is 3.24. The number of halogens is 1. The van der Waals surface area contributed by atoms with Crippen molar-refractivity contribution in [3.8, 4) is 11.1 Å². The number of nitrogens with one attached hydrogen (secondary N) is 2. The van der Waals surface area contributed by atoms with Crippen LogP contribution < -0.4 is 11.0 Å². The molecule has 1 amide bonds. The highest BCUT2D eigenvalue weighted by molar-refractivity contribution is 6.34. The quantitative estimate of drug-likeness (QED) is 0.698. The summed E-state index contributed by atoms with van der Waals surface area (Å²) in [4.78, 5) is 30.9. The third-order valence-corrected chi connectivity index (χ3v) is 4.78. The Morgan fingerprint density at radius 2 is 1.92 bits per heavy atom. The van der Waals surface area contributed by atoms with Gasteiger partial charge in [0.1, 0.15) is 0 Å². The molecular weight excluding hydrogens is 352 g/mol. The molecule has 3 aromatic rings. The first-order valence-corrected chi connectivity index (χ1v) is 9.00. The van der Waals surface area contributed by atoms with Gasteiger partial charge in [-0.2, -0.15) is 0 Å². The van der Waals surface area contributed by atoms with Crippen molar-refractivity contribution in [2.45, 2.75) is 39.7 Å². The van der Waals surface area contributed by atoms with Crippen LogP contribution in [0, 0.1) is 0 Å². The molecule has 0 atom stereocenters. The number of pyridine rings is 1. The van der Waals surface area contributed by atoms with E-state index in [9.17, 15) is 9.59 Å². The zero-order chi connectivity index (χ0) is 18.8. The fourth-order valence-corrected chi connectivity index (χ4v) is 3.52. The number of anilines is 1. The highest BCUT2D eigenvalue weighted by Crippen LogP contribution is 2.35. The van der Waals surface area contributed by atoms with E-state index in [1.54, 1.807) is 10.8 Å². The lowest BCUT2D eigenvalue weighted by Gasteiger charge is -2.17. The molecule has 3 rings (SSSR count). The van der Waals surface area contributed by atoms with Crippen LogP contribution in [0.4, 0.5) is 5.69 Å². The molecule has 0 bridgehead atoms. The zero-order valence-corrected chi connectivity index (χ0v) is 15.7. The van der Waals surface area contributed by atoms with Gasteiger partial charge in [-0.15, -0.1) is 0 Å². The number of carbonyl (C=O) groups excluding carboxylic acids is 1. The second-order valence-corrected chi connectivity index (χ2v) is 6.61. The lowest BCUT2D eigenvalue weighted by molar-refractivity contribution is -0.114. The number of hydrogen-bond acceptors (Lipinski definition) is 3. The first-order chi connectivity index (χ1) is 12.5. The van der Waals surface area contributed by atoms with Gasteiger partial charge in [0.2, 0.25) is 5.91 Å². The molecule has 0 saturated heterocycles. The fourth-order valence-electron chi connectivity index (χ4n) is 3.27. The molecule has 6 nitrogen and oxygen atoms in total. The summed E-state index contributed by atoms with van der Waals surface area (Å²) in [7, 11) is 0. The van der Waals surface area contributed by atoms with Crippen LogP contribution in [0.1, 0.15) is 39.7 Å². The van der Waals surface area contributed by atoms with Crippen molar-refractivity contribution in [1.82, 2.24) is 14.5 Å². The second-order valence-electron chi connectivity index (χ2n) is 6.21. The molecule has 0 fully saturated rings. The molecule has 2 N–H and O–H groups in total. The van der Waals surface area contributed by atoms with Gasteiger partial charge in [-0.25, -0.2) is 9.78 Å². The Kier molecular flexibility index (Phi) is 5.13. The average Bonchev–Trinajstić information content (AvgIpc) is 2.93. The first kappa shape index (κ1) is 18.2. The van der Waals surface area contributed by atoms with Crippen molar-refractivity contribution in [2.75, 3.05) is 5.32 Å². The largest absolute Gasteiger partial charge is 0.327 e. The molecule has 136 valence electrons. The van der Waals surface area contributed by atoms with E-state index < -0.39 is 0 Å². The maximum Gasteiger partial charge on any atom is 0.327 e. The lowest BCUT2D eigenvalue weighted by atomic mass is 10.0. The SMILES string of the molecule is CCC(CC)n1c(=O)[nH]c2ncc(Cl)c(-c3ccc(NC(C)=O)cc3)c21. The molecule has 26 heavy (non-hydrogen) atoms. The summed E-state index contributed by atoms with van der Waals surface area (Å²) in [5.74, 6) is -0.129. The Hall–Kier alpha value is -2.60. The fraction of sp³-hybridized carbons (Fsp3) is 0.316. The van der Waals surface area contributed by atoms with Gasteiger partial charge in [0.05, 0.1) is 10.5 Å². The molecule has 1 aromatic carbocycles. The van der Waals surface area contributed by atoms with Crippen LogP contribution in [-0.2, 0) is 4.79 Å². The summed E-state index contributed by atoms with van der Waals surface area (Å²) in [6.07, 6.45) is 3.21. The van der Waals surface area contributed by atoms with Gasteiger partial charge < -0.3 is 5.32 Å². The number of nitrogens with zero attached hydrogens (tertiary/aromatic N) is 2. The van der Waals surface area contributed by atoms with Crippen molar-refractivity contribution < 1.29 is 4.79 Å². The van der Waals surface area contributed by atoms with Crippen LogP contribution in [0.2, 0.25) is 5.02 Å². The molecule has 0 saturated carbocycles. The summed E-state index contributed by atoms with van der Waals surface area (Å²) in [5, 5.41) is 3.22. The number of H-pyrrole nitrogens is 1. The van der Waals surface area contributed by atoms with Crippen LogP contribution in [0.5, 0.6) is 0 Å². The molecule has 2 aromatic heterocycles. The van der Waals surface area contributed by atoms with Crippen molar-refractivity contribution >= 4 is 34.4 Å². The van der Waals surface area contributed by atoms with Gasteiger partial charge >= 0.3 is 5.69 Å². The number of aromatic amines is 1. The Morgan fingerprint density at radius 3 is 2.50 bits per heavy atom. The highest BCUT2D eigenvalue weighted by Gasteiger charge is 2.20. The van der Waals surface area contributed by atoms with Crippen LogP contribution in [-0.4, -0.2) is 20.4 Å². The minimum absolute atomic E-state index is 0.0638. The molecule has 0 radical (unpaired) electrons. The van der Waals surface area contributed by atoms with Crippen molar-refractivity contribution in [3.63, 3.8) is 0 Å². The predicted molar refractivity (Wildman–Crippen MR) is 105 cm³/mol. The van der Waals surface area contributed by atoms with Crippen molar-refractivity contribution in [3.05, 3.63) is 46.0 Å². The molecule has 0 aliphatic heterocycles. The Labute approximate surface area is 156 Å². The second kappa shape index (κ2) is 7.33. The van der Waals surface area contributed by atoms with E-state index in [2.05, 4.69) is 29.1 Å². The van der Waals surface area contributed by atoms with Gasteiger partial charge in [0.15, 0.2) is 5.65 Å². The van der Waals surface area contributed by atoms with Gasteiger partial charge in [0.25, 0.3) is 0 Å². The van der Waals surface area contributed by atoms with Gasteiger partial charge in [-0.05, 0) is 30.5 Å². The topological polar surface area (TPSA) is 79.8 Å². The summed E-state index contributed by atoms with van der Waals surface area (Å²) in [6.45, 7) is 5.57. The van der Waals surface area contributed by atoms with Gasteiger partial charge in [-0.1, -0.05) is 37.6 Å². The number of imidazole rings is 1. The molecule has 0 aliphatic carbocycles. The molecule has 0 unspecified atom stereocenters. The summed E-state index contributed by atoms with van der Waals surface area (Å²) >= 11 is 6.47. The van der Waals surface area contributed by atoms with E-state index in [0.29, 0.717) is 21.9 Å². The van der Waals surface area contributed by atoms with E-state index in [-0.39, 0.29) is 17.6 Å². The number of carbonyl (C=O) groups is 1. The van der Waals surface area contributed by atoms with Gasteiger partial charge in [0, 0.05) is 30.4 Å². The summed E-state index contributed by atoms with van der Waals surface area (Å²) in [6, 6.07) is 7.44. The zero-order valence-electron chi connectivity index (χ0n) is 15.0. The first-order valence-electron chi connectivity index (χ1n) is 8.63. The van der Waals surface area contributed by atoms with Gasteiger partial charge in [-0.3, -0.25) is 14.3 Å². The van der Waals surface area contributed by atoms with Crippen LogP contribution in [0.15, 0.2) is 35.3 Å². The van der Waals surface area contributed by atoms with Crippen molar-refractivity contribution in [1.29, 1.82) is 0 Å². The predicted octanol–water partition coefficient (Wildman–Crippen LogP) is 4.36. The van der Waals surface area contributed by atoms with E-state index >= 15 is 0 Å². The molecule has 0 aliphatic rings. The maximum absolute atomic E-state index is 12.5. The Bertz CT molecular complexity index is 1000. The summed E-state index contributed by atoms with van der Waals surface area (Å²) < 4.78 is 1.76. The monoisotopic (exact) mass is 372 g/mol. The standard InChI is InChI=1S/C19H21ClN4O2/c1-4-14(5-2)24-17-16(15(20)10-21-18(17)23-19(24)26)12-6-8-13(9-7-12)22-11(3)25/h6-10,14H,4-5H2,1-3H3,(H,22,25)(H,21,23,26). The van der Waals surface area contributed by atoms with Crippen LogP contribution in [0.3, 0.4) is 0 Å². The third-order valence-electron chi connectivity index (χ3n) is 4.49. The molecule has 7 heteroatoms.